The van der Waals surface area contributed by atoms with Gasteiger partial charge in [-0.25, -0.2) is 23.5 Å². The number of anilines is 1. The van der Waals surface area contributed by atoms with Crippen molar-refractivity contribution in [3.63, 3.8) is 0 Å². The Balaban J connectivity index is 2.09. The van der Waals surface area contributed by atoms with Gasteiger partial charge in [0.25, 0.3) is 12.3 Å². The number of ether oxygens (including phenoxy) is 1. The van der Waals surface area contributed by atoms with E-state index in [1.165, 1.54) is 0 Å². The molecule has 13 heteroatoms. The molecular formula is C21H23F5N4O3S. The number of nitrogens with zero attached hydrogens (tertiary/aromatic N) is 3. The van der Waals surface area contributed by atoms with Crippen molar-refractivity contribution in [2.75, 3.05) is 18.5 Å². The number of esters is 1. The van der Waals surface area contributed by atoms with Gasteiger partial charge in [-0.05, 0) is 39.7 Å². The van der Waals surface area contributed by atoms with E-state index >= 15 is 0 Å². The Hall–Kier alpha value is -2.83. The highest BCUT2D eigenvalue weighted by Gasteiger charge is 2.37. The van der Waals surface area contributed by atoms with Crippen LogP contribution >= 0.6 is 11.3 Å². The molecule has 0 spiro atoms. The predicted molar refractivity (Wildman–Crippen MR) is 115 cm³/mol. The summed E-state index contributed by atoms with van der Waals surface area (Å²) in [5.74, 6) is -1.74. The summed E-state index contributed by atoms with van der Waals surface area (Å²) in [6.45, 7) is 4.75. The van der Waals surface area contributed by atoms with Crippen LogP contribution in [0.15, 0.2) is 12.3 Å². The summed E-state index contributed by atoms with van der Waals surface area (Å²) < 4.78 is 71.5. The number of aromatic nitrogens is 2. The maximum Gasteiger partial charge on any atom is 0.408 e. The number of likely N-dealkylation sites (tertiary alicyclic amines) is 1. The second-order valence-corrected chi connectivity index (χ2v) is 8.77. The minimum atomic E-state index is -4.61. The third-order valence-corrected chi connectivity index (χ3v) is 6.43. The average molecular weight is 506 g/mol. The molecule has 0 unspecified atom stereocenters. The molecule has 3 heterocycles. The molecule has 186 valence electrons. The van der Waals surface area contributed by atoms with Crippen LogP contribution in [0.3, 0.4) is 0 Å². The first-order valence-electron chi connectivity index (χ1n) is 10.5. The molecule has 0 aliphatic carbocycles. The van der Waals surface area contributed by atoms with Crippen molar-refractivity contribution in [3.8, 4) is 10.4 Å². The summed E-state index contributed by atoms with van der Waals surface area (Å²) in [6, 6.07) is -1.32. The molecular weight excluding hydrogens is 483 g/mol. The van der Waals surface area contributed by atoms with Crippen molar-refractivity contribution in [1.82, 2.24) is 14.9 Å². The lowest BCUT2D eigenvalue weighted by atomic mass is 10.1. The Morgan fingerprint density at radius 2 is 2.06 bits per heavy atom. The van der Waals surface area contributed by atoms with Crippen LogP contribution in [0, 0.1) is 0 Å². The fourth-order valence-electron chi connectivity index (χ4n) is 3.52. The molecule has 2 aromatic rings. The van der Waals surface area contributed by atoms with Gasteiger partial charge in [-0.1, -0.05) is 0 Å². The number of nitrogens with one attached hydrogen (secondary N) is 1. The first-order valence-corrected chi connectivity index (χ1v) is 11.4. The largest absolute Gasteiger partial charge is 0.461 e. The number of hydrogen-bond donors (Lipinski definition) is 1. The van der Waals surface area contributed by atoms with E-state index in [1.54, 1.807) is 11.8 Å². The van der Waals surface area contributed by atoms with Gasteiger partial charge in [-0.15, -0.1) is 11.3 Å². The first-order chi connectivity index (χ1) is 15.9. The van der Waals surface area contributed by atoms with Crippen LogP contribution in [0.5, 0.6) is 0 Å². The molecule has 0 radical (unpaired) electrons. The van der Waals surface area contributed by atoms with Gasteiger partial charge < -0.3 is 15.0 Å². The molecule has 1 N–H and O–H groups in total. The predicted octanol–water partition coefficient (Wildman–Crippen LogP) is 5.31. The van der Waals surface area contributed by atoms with Crippen molar-refractivity contribution >= 4 is 29.0 Å². The number of carbonyl (C=O) groups is 2. The van der Waals surface area contributed by atoms with Crippen LogP contribution in [0.2, 0.25) is 0 Å². The van der Waals surface area contributed by atoms with Crippen molar-refractivity contribution in [2.45, 2.75) is 58.3 Å². The number of carbonyl (C=O) groups excluding carboxylic acids is 2. The van der Waals surface area contributed by atoms with Gasteiger partial charge in [0.15, 0.2) is 0 Å². The SMILES string of the molecule is CCOC(=O)c1nc(C(=O)N2CCC[C@@H]2C)c(-c2cnc(N[C@@H](C)C(F)(F)F)cc2C(F)F)s1. The molecule has 1 fully saturated rings. The Morgan fingerprint density at radius 1 is 1.35 bits per heavy atom. The summed E-state index contributed by atoms with van der Waals surface area (Å²) in [5, 5.41) is 1.86. The molecule has 7 nitrogen and oxygen atoms in total. The minimum absolute atomic E-state index is 0.0228. The van der Waals surface area contributed by atoms with Crippen LogP contribution in [0.25, 0.3) is 10.4 Å². The molecule has 0 saturated carbocycles. The highest BCUT2D eigenvalue weighted by Crippen LogP contribution is 2.39. The molecule has 0 aromatic carbocycles. The van der Waals surface area contributed by atoms with Crippen molar-refractivity contribution in [2.24, 2.45) is 0 Å². The average Bonchev–Trinajstić information content (AvgIpc) is 3.39. The Labute approximate surface area is 196 Å². The number of amides is 1. The van der Waals surface area contributed by atoms with E-state index in [0.29, 0.717) is 17.9 Å². The lowest BCUT2D eigenvalue weighted by Gasteiger charge is -2.21. The van der Waals surface area contributed by atoms with Crippen LogP contribution in [-0.4, -0.2) is 58.2 Å². The highest BCUT2D eigenvalue weighted by atomic mass is 32.1. The summed E-state index contributed by atoms with van der Waals surface area (Å²) in [6.07, 6.45) is -5.22. The molecule has 2 atom stereocenters. The van der Waals surface area contributed by atoms with E-state index in [2.05, 4.69) is 15.3 Å². The number of halogens is 5. The molecule has 34 heavy (non-hydrogen) atoms. The second-order valence-electron chi connectivity index (χ2n) is 7.77. The Morgan fingerprint density at radius 3 is 2.62 bits per heavy atom. The van der Waals surface area contributed by atoms with Gasteiger partial charge in [0.2, 0.25) is 5.01 Å². The summed E-state index contributed by atoms with van der Waals surface area (Å²) in [7, 11) is 0. The molecule has 1 saturated heterocycles. The number of pyridine rings is 1. The normalized spacial score (nSPS) is 17.2. The smallest absolute Gasteiger partial charge is 0.408 e. The number of thiazole rings is 1. The van der Waals surface area contributed by atoms with Gasteiger partial charge in [-0.2, -0.15) is 13.2 Å². The van der Waals surface area contributed by atoms with Gasteiger partial charge in [0.1, 0.15) is 17.6 Å². The van der Waals surface area contributed by atoms with Gasteiger partial charge in [0, 0.05) is 29.9 Å². The fraction of sp³-hybridized carbons (Fsp3) is 0.524. The maximum atomic E-state index is 14.0. The van der Waals surface area contributed by atoms with E-state index < -0.39 is 41.9 Å². The van der Waals surface area contributed by atoms with E-state index in [4.69, 9.17) is 4.74 Å². The summed E-state index contributed by atoms with van der Waals surface area (Å²) in [4.78, 5) is 35.0. The van der Waals surface area contributed by atoms with Crippen LogP contribution in [-0.2, 0) is 4.74 Å². The fourth-order valence-corrected chi connectivity index (χ4v) is 4.51. The molecule has 0 bridgehead atoms. The summed E-state index contributed by atoms with van der Waals surface area (Å²) >= 11 is 0.698. The van der Waals surface area contributed by atoms with Crippen molar-refractivity contribution in [1.29, 1.82) is 0 Å². The molecule has 1 amide bonds. The second kappa shape index (κ2) is 10.2. The van der Waals surface area contributed by atoms with E-state index in [-0.39, 0.29) is 33.8 Å². The minimum Gasteiger partial charge on any atom is -0.461 e. The van der Waals surface area contributed by atoms with E-state index in [0.717, 1.165) is 32.0 Å². The van der Waals surface area contributed by atoms with Gasteiger partial charge in [0.05, 0.1) is 11.5 Å². The van der Waals surface area contributed by atoms with E-state index in [1.807, 2.05) is 6.92 Å². The zero-order chi connectivity index (χ0) is 25.2. The highest BCUT2D eigenvalue weighted by molar-refractivity contribution is 7.17. The van der Waals surface area contributed by atoms with Crippen molar-refractivity contribution in [3.05, 3.63) is 28.5 Å². The van der Waals surface area contributed by atoms with E-state index in [9.17, 15) is 31.5 Å². The quantitative estimate of drug-likeness (QED) is 0.405. The zero-order valence-corrected chi connectivity index (χ0v) is 19.4. The number of hydrogen-bond acceptors (Lipinski definition) is 7. The number of rotatable bonds is 7. The van der Waals surface area contributed by atoms with Crippen molar-refractivity contribution < 1.29 is 36.3 Å². The molecule has 1 aliphatic rings. The monoisotopic (exact) mass is 506 g/mol. The molecule has 2 aromatic heterocycles. The van der Waals surface area contributed by atoms with Gasteiger partial charge in [-0.3, -0.25) is 4.79 Å². The van der Waals surface area contributed by atoms with Gasteiger partial charge >= 0.3 is 12.1 Å². The number of alkyl halides is 5. The molecule has 3 rings (SSSR count). The van der Waals surface area contributed by atoms with Crippen LogP contribution in [0.1, 0.15) is 65.9 Å². The third kappa shape index (κ3) is 5.45. The zero-order valence-electron chi connectivity index (χ0n) is 18.6. The first kappa shape index (κ1) is 25.8. The lowest BCUT2D eigenvalue weighted by Crippen LogP contribution is -2.34. The molecule has 1 aliphatic heterocycles. The third-order valence-electron chi connectivity index (χ3n) is 5.36. The Kier molecular flexibility index (Phi) is 7.74. The Bertz CT molecular complexity index is 1060. The summed E-state index contributed by atoms with van der Waals surface area (Å²) in [5.41, 5.74) is -1.03. The maximum absolute atomic E-state index is 14.0. The topological polar surface area (TPSA) is 84.4 Å². The van der Waals surface area contributed by atoms with Crippen LogP contribution in [0.4, 0.5) is 27.8 Å². The van der Waals surface area contributed by atoms with Crippen LogP contribution < -0.4 is 5.32 Å². The standard InChI is InChI=1S/C21H23F5N4O3S/c1-4-33-20(32)18-29-15(19(31)30-7-5-6-10(30)2)16(34-18)13-9-27-14(8-12(13)17(22)23)28-11(3)21(24,25)26/h8-11,17H,4-7H2,1-3H3,(H,27,28)/t10-,11-/m0/s1. The lowest BCUT2D eigenvalue weighted by molar-refractivity contribution is -0.138.